The maximum absolute atomic E-state index is 11.9. The number of rotatable bonds is 7. The van der Waals surface area contributed by atoms with E-state index in [0.29, 0.717) is 11.3 Å². The largest absolute Gasteiger partial charge is 0.497 e. The third-order valence-corrected chi connectivity index (χ3v) is 3.79. The number of ether oxygens (including phenoxy) is 1. The molecule has 2 N–H and O–H groups in total. The van der Waals surface area contributed by atoms with Crippen LogP contribution >= 0.6 is 15.9 Å². The Bertz CT molecular complexity index is 743. The van der Waals surface area contributed by atoms with E-state index < -0.39 is 0 Å². The first-order chi connectivity index (χ1) is 12.1. The summed E-state index contributed by atoms with van der Waals surface area (Å²) >= 11 is 3.35. The van der Waals surface area contributed by atoms with Crippen LogP contribution in [0.25, 0.3) is 0 Å². The van der Waals surface area contributed by atoms with E-state index >= 15 is 0 Å². The van der Waals surface area contributed by atoms with Crippen molar-refractivity contribution >= 4 is 34.0 Å². The van der Waals surface area contributed by atoms with Crippen molar-refractivity contribution in [2.75, 3.05) is 13.7 Å². The van der Waals surface area contributed by atoms with E-state index in [0.717, 1.165) is 10.0 Å². The SMILES string of the molecule is COc1ccc(C(=O)NCCC(=O)NN=Cc2ccc(Br)cc2)cc1. The number of carbonyl (C=O) groups is 2. The molecule has 2 rings (SSSR count). The lowest BCUT2D eigenvalue weighted by atomic mass is 10.2. The summed E-state index contributed by atoms with van der Waals surface area (Å²) in [6, 6.07) is 14.3. The number of benzene rings is 2. The van der Waals surface area contributed by atoms with Gasteiger partial charge in [-0.1, -0.05) is 28.1 Å². The maximum atomic E-state index is 11.9. The minimum Gasteiger partial charge on any atom is -0.497 e. The van der Waals surface area contributed by atoms with Gasteiger partial charge >= 0.3 is 0 Å². The second-order valence-corrected chi connectivity index (χ2v) is 5.99. The van der Waals surface area contributed by atoms with Crippen molar-refractivity contribution in [2.24, 2.45) is 5.10 Å². The molecule has 0 aliphatic carbocycles. The van der Waals surface area contributed by atoms with Crippen molar-refractivity contribution in [1.29, 1.82) is 0 Å². The molecule has 0 unspecified atom stereocenters. The molecule has 0 aromatic heterocycles. The Hall–Kier alpha value is -2.67. The van der Waals surface area contributed by atoms with Crippen molar-refractivity contribution < 1.29 is 14.3 Å². The van der Waals surface area contributed by atoms with Gasteiger partial charge in [-0.3, -0.25) is 9.59 Å². The summed E-state index contributed by atoms with van der Waals surface area (Å²) in [5.74, 6) is 0.164. The molecule has 0 aliphatic rings. The number of methoxy groups -OCH3 is 1. The average molecular weight is 404 g/mol. The highest BCUT2D eigenvalue weighted by Crippen LogP contribution is 2.11. The van der Waals surface area contributed by atoms with Gasteiger partial charge < -0.3 is 10.1 Å². The topological polar surface area (TPSA) is 79.8 Å². The first-order valence-corrected chi connectivity index (χ1v) is 8.37. The molecule has 25 heavy (non-hydrogen) atoms. The van der Waals surface area contributed by atoms with E-state index in [2.05, 4.69) is 31.8 Å². The van der Waals surface area contributed by atoms with E-state index in [1.54, 1.807) is 37.6 Å². The Labute approximate surface area is 154 Å². The van der Waals surface area contributed by atoms with E-state index in [1.165, 1.54) is 0 Å². The highest BCUT2D eigenvalue weighted by atomic mass is 79.9. The number of hydrazone groups is 1. The molecule has 0 saturated heterocycles. The van der Waals surface area contributed by atoms with Crippen molar-refractivity contribution in [2.45, 2.75) is 6.42 Å². The van der Waals surface area contributed by atoms with Gasteiger partial charge in [-0.25, -0.2) is 5.43 Å². The highest BCUT2D eigenvalue weighted by Gasteiger charge is 2.06. The number of nitrogens with one attached hydrogen (secondary N) is 2. The zero-order valence-corrected chi connectivity index (χ0v) is 15.2. The van der Waals surface area contributed by atoms with E-state index in [9.17, 15) is 9.59 Å². The summed E-state index contributed by atoms with van der Waals surface area (Å²) in [4.78, 5) is 23.6. The van der Waals surface area contributed by atoms with Crippen LogP contribution in [-0.4, -0.2) is 31.7 Å². The summed E-state index contributed by atoms with van der Waals surface area (Å²) in [6.07, 6.45) is 1.69. The van der Waals surface area contributed by atoms with Gasteiger partial charge in [0.25, 0.3) is 5.91 Å². The van der Waals surface area contributed by atoms with Crippen LogP contribution < -0.4 is 15.5 Å². The number of carbonyl (C=O) groups excluding carboxylic acids is 2. The Kier molecular flexibility index (Phi) is 7.16. The van der Waals surface area contributed by atoms with Gasteiger partial charge in [0.2, 0.25) is 5.91 Å². The minimum atomic E-state index is -0.275. The van der Waals surface area contributed by atoms with Crippen molar-refractivity contribution in [3.05, 3.63) is 64.1 Å². The highest BCUT2D eigenvalue weighted by molar-refractivity contribution is 9.10. The van der Waals surface area contributed by atoms with Crippen LogP contribution in [0.15, 0.2) is 58.1 Å². The Morgan fingerprint density at radius 2 is 1.80 bits per heavy atom. The minimum absolute atomic E-state index is 0.138. The monoisotopic (exact) mass is 403 g/mol. The van der Waals surface area contributed by atoms with E-state index in [1.807, 2.05) is 24.3 Å². The quantitative estimate of drug-likeness (QED) is 0.550. The molecule has 2 aromatic carbocycles. The third kappa shape index (κ3) is 6.39. The molecular weight excluding hydrogens is 386 g/mol. The van der Waals surface area contributed by atoms with Crippen LogP contribution in [0.2, 0.25) is 0 Å². The van der Waals surface area contributed by atoms with E-state index in [4.69, 9.17) is 4.74 Å². The number of nitrogens with zero attached hydrogens (tertiary/aromatic N) is 1. The van der Waals surface area contributed by atoms with Gasteiger partial charge in [0.15, 0.2) is 0 Å². The second kappa shape index (κ2) is 9.58. The lowest BCUT2D eigenvalue weighted by Crippen LogP contribution is -2.29. The Morgan fingerprint density at radius 3 is 2.44 bits per heavy atom. The molecule has 0 radical (unpaired) electrons. The number of hydrogen-bond acceptors (Lipinski definition) is 4. The number of amides is 2. The van der Waals surface area contributed by atoms with Crippen LogP contribution in [0.1, 0.15) is 22.3 Å². The summed E-state index contributed by atoms with van der Waals surface area (Å²) in [5.41, 5.74) is 3.81. The predicted molar refractivity (Wildman–Crippen MR) is 99.8 cm³/mol. The smallest absolute Gasteiger partial charge is 0.251 e. The van der Waals surface area contributed by atoms with Gasteiger partial charge in [0.1, 0.15) is 5.75 Å². The molecule has 2 amide bonds. The fourth-order valence-corrected chi connectivity index (χ4v) is 2.18. The Morgan fingerprint density at radius 1 is 1.12 bits per heavy atom. The third-order valence-electron chi connectivity index (χ3n) is 3.26. The van der Waals surface area contributed by atoms with Crippen molar-refractivity contribution in [3.63, 3.8) is 0 Å². The molecule has 0 fully saturated rings. The lowest BCUT2D eigenvalue weighted by molar-refractivity contribution is -0.120. The molecule has 2 aromatic rings. The summed E-state index contributed by atoms with van der Waals surface area (Å²) < 4.78 is 6.01. The number of halogens is 1. The van der Waals surface area contributed by atoms with E-state index in [-0.39, 0.29) is 24.8 Å². The normalized spacial score (nSPS) is 10.5. The zero-order valence-electron chi connectivity index (χ0n) is 13.7. The van der Waals surface area contributed by atoms with Crippen LogP contribution in [0, 0.1) is 0 Å². The lowest BCUT2D eigenvalue weighted by Gasteiger charge is -2.05. The standard InChI is InChI=1S/C18H18BrN3O3/c1-25-16-8-4-14(5-9-16)18(24)20-11-10-17(23)22-21-12-13-2-6-15(19)7-3-13/h2-9,12H,10-11H2,1H3,(H,20,24)(H,22,23). The first-order valence-electron chi connectivity index (χ1n) is 7.58. The summed E-state index contributed by atoms with van der Waals surface area (Å²) in [7, 11) is 1.56. The van der Waals surface area contributed by atoms with Crippen LogP contribution in [0.3, 0.4) is 0 Å². The molecule has 0 saturated carbocycles. The molecule has 0 aliphatic heterocycles. The molecule has 6 nitrogen and oxygen atoms in total. The molecule has 0 atom stereocenters. The van der Waals surface area contributed by atoms with Gasteiger partial charge in [0.05, 0.1) is 13.3 Å². The van der Waals surface area contributed by atoms with Gasteiger partial charge in [0, 0.05) is 23.0 Å². The zero-order chi connectivity index (χ0) is 18.1. The number of hydrogen-bond donors (Lipinski definition) is 2. The molecule has 7 heteroatoms. The predicted octanol–water partition coefficient (Wildman–Crippen LogP) is 2.73. The van der Waals surface area contributed by atoms with Gasteiger partial charge in [-0.15, -0.1) is 0 Å². The first kappa shape index (κ1) is 18.7. The van der Waals surface area contributed by atoms with Crippen LogP contribution in [0.4, 0.5) is 0 Å². The fraction of sp³-hybridized carbons (Fsp3) is 0.167. The van der Waals surface area contributed by atoms with Crippen LogP contribution in [0.5, 0.6) is 5.75 Å². The summed E-state index contributed by atoms with van der Waals surface area (Å²) in [5, 5.41) is 6.56. The van der Waals surface area contributed by atoms with Gasteiger partial charge in [-0.2, -0.15) is 5.10 Å². The molecule has 0 bridgehead atoms. The fourth-order valence-electron chi connectivity index (χ4n) is 1.92. The average Bonchev–Trinajstić information content (AvgIpc) is 2.63. The summed E-state index contributed by atoms with van der Waals surface area (Å²) in [6.45, 7) is 0.227. The van der Waals surface area contributed by atoms with Crippen LogP contribution in [-0.2, 0) is 4.79 Å². The second-order valence-electron chi connectivity index (χ2n) is 5.08. The van der Waals surface area contributed by atoms with Crippen molar-refractivity contribution in [1.82, 2.24) is 10.7 Å². The molecular formula is C18H18BrN3O3. The molecule has 0 heterocycles. The Balaban J connectivity index is 1.70. The maximum Gasteiger partial charge on any atom is 0.251 e. The van der Waals surface area contributed by atoms with Crippen molar-refractivity contribution in [3.8, 4) is 5.75 Å². The molecule has 130 valence electrons. The molecule has 0 spiro atoms. The van der Waals surface area contributed by atoms with Gasteiger partial charge in [-0.05, 0) is 42.0 Å².